The third-order valence-electron chi connectivity index (χ3n) is 3.35. The molecule has 0 N–H and O–H groups in total. The molecule has 0 bridgehead atoms. The monoisotopic (exact) mass is 268 g/mol. The number of ether oxygens (including phenoxy) is 1. The van der Waals surface area contributed by atoms with E-state index in [0.717, 1.165) is 5.56 Å². The molecule has 2 aromatic carbocycles. The molecule has 0 saturated heterocycles. The van der Waals surface area contributed by atoms with Crippen molar-refractivity contribution in [2.24, 2.45) is 0 Å². The highest BCUT2D eigenvalue weighted by atomic mass is 16.5. The van der Waals surface area contributed by atoms with Gasteiger partial charge >= 0.3 is 0 Å². The maximum Gasteiger partial charge on any atom is 0.196 e. The third kappa shape index (κ3) is 2.90. The van der Waals surface area contributed by atoms with Gasteiger partial charge in [-0.05, 0) is 23.1 Å². The molecule has 104 valence electrons. The van der Waals surface area contributed by atoms with Crippen molar-refractivity contribution in [1.29, 1.82) is 0 Å². The van der Waals surface area contributed by atoms with Gasteiger partial charge in [0.2, 0.25) is 0 Å². The van der Waals surface area contributed by atoms with Crippen molar-refractivity contribution in [3.05, 3.63) is 65.2 Å². The van der Waals surface area contributed by atoms with Crippen molar-refractivity contribution in [1.82, 2.24) is 0 Å². The topological polar surface area (TPSA) is 26.3 Å². The van der Waals surface area contributed by atoms with Gasteiger partial charge in [-0.1, -0.05) is 57.2 Å². The molecular formula is C18H20O2. The maximum absolute atomic E-state index is 12.5. The number of benzene rings is 2. The van der Waals surface area contributed by atoms with Crippen LogP contribution in [0.4, 0.5) is 0 Å². The van der Waals surface area contributed by atoms with Crippen LogP contribution in [0.5, 0.6) is 5.75 Å². The summed E-state index contributed by atoms with van der Waals surface area (Å²) in [6.45, 7) is 6.42. The van der Waals surface area contributed by atoms with Crippen LogP contribution in [0.25, 0.3) is 0 Å². The Morgan fingerprint density at radius 3 is 2.20 bits per heavy atom. The Labute approximate surface area is 120 Å². The van der Waals surface area contributed by atoms with Gasteiger partial charge < -0.3 is 4.74 Å². The molecule has 0 unspecified atom stereocenters. The molecule has 2 nitrogen and oxygen atoms in total. The Balaban J connectivity index is 2.45. The zero-order chi connectivity index (χ0) is 14.8. The van der Waals surface area contributed by atoms with Gasteiger partial charge in [0.1, 0.15) is 5.75 Å². The first-order valence-corrected chi connectivity index (χ1v) is 6.72. The molecule has 2 heteroatoms. The first-order chi connectivity index (χ1) is 9.43. The summed E-state index contributed by atoms with van der Waals surface area (Å²) < 4.78 is 5.40. The van der Waals surface area contributed by atoms with E-state index in [2.05, 4.69) is 20.8 Å². The Hall–Kier alpha value is -2.09. The molecule has 20 heavy (non-hydrogen) atoms. The molecule has 0 aliphatic rings. The van der Waals surface area contributed by atoms with Crippen molar-refractivity contribution >= 4 is 5.78 Å². The average Bonchev–Trinajstić information content (AvgIpc) is 2.45. The van der Waals surface area contributed by atoms with Gasteiger partial charge in [-0.2, -0.15) is 0 Å². The summed E-state index contributed by atoms with van der Waals surface area (Å²) in [5.41, 5.74) is 2.46. The molecular weight excluding hydrogens is 248 g/mol. The lowest BCUT2D eigenvalue weighted by Gasteiger charge is -2.20. The highest BCUT2D eigenvalue weighted by Gasteiger charge is 2.19. The molecule has 0 atom stereocenters. The molecule has 0 aliphatic carbocycles. The fourth-order valence-electron chi connectivity index (χ4n) is 2.09. The Morgan fingerprint density at radius 2 is 1.65 bits per heavy atom. The second kappa shape index (κ2) is 5.49. The second-order valence-corrected chi connectivity index (χ2v) is 5.86. The van der Waals surface area contributed by atoms with E-state index in [1.165, 1.54) is 0 Å². The second-order valence-electron chi connectivity index (χ2n) is 5.86. The molecule has 0 heterocycles. The van der Waals surface area contributed by atoms with Crippen molar-refractivity contribution in [2.75, 3.05) is 7.11 Å². The lowest BCUT2D eigenvalue weighted by atomic mass is 9.86. The summed E-state index contributed by atoms with van der Waals surface area (Å²) >= 11 is 0. The normalized spacial score (nSPS) is 11.2. The summed E-state index contributed by atoms with van der Waals surface area (Å²) in [5.74, 6) is 0.620. The largest absolute Gasteiger partial charge is 0.496 e. The van der Waals surface area contributed by atoms with Crippen molar-refractivity contribution in [3.63, 3.8) is 0 Å². The van der Waals surface area contributed by atoms with Crippen LogP contribution >= 0.6 is 0 Å². The minimum atomic E-state index is -0.0112. The van der Waals surface area contributed by atoms with Gasteiger partial charge in [0, 0.05) is 5.56 Å². The fraction of sp³-hybridized carbons (Fsp3) is 0.278. The van der Waals surface area contributed by atoms with Crippen molar-refractivity contribution in [2.45, 2.75) is 26.2 Å². The standard InChI is InChI=1S/C18H20O2/c1-18(2,3)14-10-11-15(16(12-14)20-4)17(19)13-8-6-5-7-9-13/h5-12H,1-4H3. The number of rotatable bonds is 3. The molecule has 0 fully saturated rings. The molecule has 2 aromatic rings. The van der Waals surface area contributed by atoms with Crippen LogP contribution in [0.3, 0.4) is 0 Å². The summed E-state index contributed by atoms with van der Waals surface area (Å²) in [7, 11) is 1.60. The lowest BCUT2D eigenvalue weighted by molar-refractivity contribution is 0.103. The number of methoxy groups -OCH3 is 1. The molecule has 0 saturated carbocycles. The van der Waals surface area contributed by atoms with E-state index in [4.69, 9.17) is 4.74 Å². The highest BCUT2D eigenvalue weighted by molar-refractivity contribution is 6.10. The number of hydrogen-bond donors (Lipinski definition) is 0. The maximum atomic E-state index is 12.5. The smallest absolute Gasteiger partial charge is 0.196 e. The van der Waals surface area contributed by atoms with Crippen LogP contribution in [-0.4, -0.2) is 12.9 Å². The predicted octanol–water partition coefficient (Wildman–Crippen LogP) is 4.22. The van der Waals surface area contributed by atoms with Gasteiger partial charge in [0.15, 0.2) is 5.78 Å². The van der Waals surface area contributed by atoms with E-state index in [1.54, 1.807) is 7.11 Å². The molecule has 2 rings (SSSR count). The predicted molar refractivity (Wildman–Crippen MR) is 81.6 cm³/mol. The van der Waals surface area contributed by atoms with Crippen LogP contribution in [0.15, 0.2) is 48.5 Å². The van der Waals surface area contributed by atoms with Gasteiger partial charge in [-0.25, -0.2) is 0 Å². The summed E-state index contributed by atoms with van der Waals surface area (Å²) in [6.07, 6.45) is 0. The van der Waals surface area contributed by atoms with E-state index in [9.17, 15) is 4.79 Å². The van der Waals surface area contributed by atoms with E-state index in [1.807, 2.05) is 48.5 Å². The van der Waals surface area contributed by atoms with E-state index in [0.29, 0.717) is 16.9 Å². The number of hydrogen-bond acceptors (Lipinski definition) is 2. The van der Waals surface area contributed by atoms with Crippen LogP contribution < -0.4 is 4.74 Å². The number of carbonyl (C=O) groups is 1. The van der Waals surface area contributed by atoms with Crippen LogP contribution in [0.2, 0.25) is 0 Å². The Kier molecular flexibility index (Phi) is 3.93. The number of carbonyl (C=O) groups excluding carboxylic acids is 1. The number of ketones is 1. The van der Waals surface area contributed by atoms with Crippen molar-refractivity contribution in [3.8, 4) is 5.75 Å². The van der Waals surface area contributed by atoms with Crippen LogP contribution in [-0.2, 0) is 5.41 Å². The quantitative estimate of drug-likeness (QED) is 0.779. The first-order valence-electron chi connectivity index (χ1n) is 6.72. The molecule has 0 aliphatic heterocycles. The molecule has 0 spiro atoms. The zero-order valence-electron chi connectivity index (χ0n) is 12.4. The fourth-order valence-corrected chi connectivity index (χ4v) is 2.09. The average molecular weight is 268 g/mol. The summed E-state index contributed by atoms with van der Waals surface area (Å²) in [5, 5.41) is 0. The Bertz CT molecular complexity index is 607. The van der Waals surface area contributed by atoms with E-state index in [-0.39, 0.29) is 11.2 Å². The van der Waals surface area contributed by atoms with Gasteiger partial charge in [-0.15, -0.1) is 0 Å². The minimum Gasteiger partial charge on any atom is -0.496 e. The SMILES string of the molecule is COc1cc(C(C)(C)C)ccc1C(=O)c1ccccc1. The Morgan fingerprint density at radius 1 is 1.00 bits per heavy atom. The van der Waals surface area contributed by atoms with Crippen molar-refractivity contribution < 1.29 is 9.53 Å². The lowest BCUT2D eigenvalue weighted by Crippen LogP contribution is -2.12. The van der Waals surface area contributed by atoms with E-state index < -0.39 is 0 Å². The first kappa shape index (κ1) is 14.3. The van der Waals surface area contributed by atoms with Gasteiger partial charge in [0.25, 0.3) is 0 Å². The minimum absolute atomic E-state index is 0.0112. The molecule has 0 amide bonds. The molecule has 0 aromatic heterocycles. The zero-order valence-corrected chi connectivity index (χ0v) is 12.4. The third-order valence-corrected chi connectivity index (χ3v) is 3.35. The van der Waals surface area contributed by atoms with E-state index >= 15 is 0 Å². The van der Waals surface area contributed by atoms with Crippen LogP contribution in [0, 0.1) is 0 Å². The summed E-state index contributed by atoms with van der Waals surface area (Å²) in [6, 6.07) is 15.1. The van der Waals surface area contributed by atoms with Gasteiger partial charge in [-0.3, -0.25) is 4.79 Å². The van der Waals surface area contributed by atoms with Crippen LogP contribution in [0.1, 0.15) is 42.3 Å². The highest BCUT2D eigenvalue weighted by Crippen LogP contribution is 2.29. The van der Waals surface area contributed by atoms with Gasteiger partial charge in [0.05, 0.1) is 12.7 Å². The molecule has 0 radical (unpaired) electrons. The summed E-state index contributed by atoms with van der Waals surface area (Å²) in [4.78, 5) is 12.5.